The molecular formula is C33H32N2O5S. The van der Waals surface area contributed by atoms with E-state index in [4.69, 9.17) is 19.2 Å². The summed E-state index contributed by atoms with van der Waals surface area (Å²) >= 11 is 1.28. The van der Waals surface area contributed by atoms with Gasteiger partial charge in [-0.3, -0.25) is 9.36 Å². The molecule has 1 atom stereocenters. The van der Waals surface area contributed by atoms with E-state index in [1.807, 2.05) is 66.7 Å². The van der Waals surface area contributed by atoms with Crippen LogP contribution in [0.15, 0.2) is 88.2 Å². The Bertz CT molecular complexity index is 1780. The molecule has 1 aliphatic heterocycles. The zero-order chi connectivity index (χ0) is 29.1. The van der Waals surface area contributed by atoms with Gasteiger partial charge in [-0.25, -0.2) is 9.79 Å². The van der Waals surface area contributed by atoms with Crippen LogP contribution >= 0.6 is 11.3 Å². The Balaban J connectivity index is 1.79. The van der Waals surface area contributed by atoms with E-state index in [0.29, 0.717) is 38.0 Å². The number of hydrogen-bond donors (Lipinski definition) is 0. The predicted octanol–water partition coefficient (Wildman–Crippen LogP) is 5.08. The van der Waals surface area contributed by atoms with Crippen LogP contribution in [0.5, 0.6) is 11.5 Å². The van der Waals surface area contributed by atoms with E-state index in [-0.39, 0.29) is 12.2 Å². The summed E-state index contributed by atoms with van der Waals surface area (Å²) in [5, 5.41) is 0. The number of ether oxygens (including phenoxy) is 3. The first-order valence-electron chi connectivity index (χ1n) is 13.5. The van der Waals surface area contributed by atoms with Gasteiger partial charge in [0.15, 0.2) is 16.3 Å². The van der Waals surface area contributed by atoms with Crippen LogP contribution in [0.1, 0.15) is 55.0 Å². The highest BCUT2D eigenvalue weighted by atomic mass is 32.1. The minimum atomic E-state index is -0.714. The fourth-order valence-electron chi connectivity index (χ4n) is 4.91. The van der Waals surface area contributed by atoms with Crippen molar-refractivity contribution in [2.45, 2.75) is 32.7 Å². The van der Waals surface area contributed by atoms with Gasteiger partial charge in [-0.2, -0.15) is 0 Å². The standard InChI is InChI=1S/C33H32N2O5S/c1-6-40-32(37)28-29(23-10-8-7-9-11-23)34-33-35(30(28)24-15-13-22(14-16-24)20(2)3)31(36)27(41-33)19-21-12-17-25(38-4)26(18-21)39-5/h7-20,30H,6H2,1-5H3/b27-19-/t30-/m1/s1. The van der Waals surface area contributed by atoms with E-state index < -0.39 is 12.0 Å². The average Bonchev–Trinajstić information content (AvgIpc) is 3.30. The van der Waals surface area contributed by atoms with Crippen molar-refractivity contribution in [1.82, 2.24) is 4.57 Å². The molecule has 8 heteroatoms. The zero-order valence-corrected chi connectivity index (χ0v) is 24.5. The van der Waals surface area contributed by atoms with E-state index in [2.05, 4.69) is 13.8 Å². The van der Waals surface area contributed by atoms with Crippen molar-refractivity contribution >= 4 is 29.1 Å². The van der Waals surface area contributed by atoms with Crippen molar-refractivity contribution in [1.29, 1.82) is 0 Å². The number of methoxy groups -OCH3 is 2. The fourth-order valence-corrected chi connectivity index (χ4v) is 5.91. The largest absolute Gasteiger partial charge is 0.493 e. The minimum Gasteiger partial charge on any atom is -0.493 e. The van der Waals surface area contributed by atoms with Gasteiger partial charge < -0.3 is 14.2 Å². The Morgan fingerprint density at radius 2 is 1.71 bits per heavy atom. The number of fused-ring (bicyclic) bond motifs is 1. The second-order valence-electron chi connectivity index (χ2n) is 9.87. The Morgan fingerprint density at radius 1 is 1.00 bits per heavy atom. The maximum absolute atomic E-state index is 14.1. The van der Waals surface area contributed by atoms with Gasteiger partial charge in [-0.05, 0) is 47.7 Å². The smallest absolute Gasteiger partial charge is 0.338 e. The topological polar surface area (TPSA) is 79.1 Å². The van der Waals surface area contributed by atoms with Crippen LogP contribution in [0.3, 0.4) is 0 Å². The second-order valence-corrected chi connectivity index (χ2v) is 10.9. The molecule has 0 spiro atoms. The van der Waals surface area contributed by atoms with Crippen LogP contribution in [-0.2, 0) is 9.53 Å². The van der Waals surface area contributed by atoms with Crippen LogP contribution in [0.4, 0.5) is 0 Å². The Morgan fingerprint density at radius 3 is 2.34 bits per heavy atom. The molecule has 0 bridgehead atoms. The highest BCUT2D eigenvalue weighted by Crippen LogP contribution is 2.35. The third-order valence-electron chi connectivity index (χ3n) is 7.00. The first-order chi connectivity index (χ1) is 19.9. The third kappa shape index (κ3) is 5.47. The summed E-state index contributed by atoms with van der Waals surface area (Å²) in [7, 11) is 3.15. The number of esters is 1. The van der Waals surface area contributed by atoms with Crippen molar-refractivity contribution in [3.05, 3.63) is 120 Å². The molecule has 0 amide bonds. The van der Waals surface area contributed by atoms with Gasteiger partial charge in [0.2, 0.25) is 0 Å². The summed E-state index contributed by atoms with van der Waals surface area (Å²) in [6, 6.07) is 22.4. The molecule has 0 N–H and O–H groups in total. The number of rotatable bonds is 8. The molecule has 0 fully saturated rings. The van der Waals surface area contributed by atoms with E-state index >= 15 is 0 Å². The third-order valence-corrected chi connectivity index (χ3v) is 7.98. The molecule has 1 aliphatic rings. The van der Waals surface area contributed by atoms with E-state index in [0.717, 1.165) is 16.7 Å². The van der Waals surface area contributed by atoms with Gasteiger partial charge in [-0.15, -0.1) is 0 Å². The summed E-state index contributed by atoms with van der Waals surface area (Å²) in [5.41, 5.74) is 4.12. The molecule has 0 unspecified atom stereocenters. The molecular weight excluding hydrogens is 536 g/mol. The highest BCUT2D eigenvalue weighted by Gasteiger charge is 2.35. The van der Waals surface area contributed by atoms with Crippen molar-refractivity contribution < 1.29 is 19.0 Å². The molecule has 0 saturated heterocycles. The first kappa shape index (κ1) is 28.1. The number of thiazole rings is 1. The molecule has 4 aromatic rings. The van der Waals surface area contributed by atoms with Gasteiger partial charge in [0.1, 0.15) is 0 Å². The number of carbonyl (C=O) groups is 1. The highest BCUT2D eigenvalue weighted by molar-refractivity contribution is 7.07. The van der Waals surface area contributed by atoms with E-state index in [1.54, 1.807) is 37.9 Å². The van der Waals surface area contributed by atoms with Crippen molar-refractivity contribution in [2.75, 3.05) is 20.8 Å². The molecule has 5 rings (SSSR count). The van der Waals surface area contributed by atoms with Crippen LogP contribution in [0.2, 0.25) is 0 Å². The molecule has 0 saturated carbocycles. The lowest BCUT2D eigenvalue weighted by Crippen LogP contribution is -2.40. The molecule has 7 nitrogen and oxygen atoms in total. The lowest BCUT2D eigenvalue weighted by atomic mass is 9.91. The summed E-state index contributed by atoms with van der Waals surface area (Å²) in [6.07, 6.45) is 1.81. The Labute approximate surface area is 242 Å². The normalized spacial score (nSPS) is 15.0. The summed E-state index contributed by atoms with van der Waals surface area (Å²) < 4.78 is 18.5. The molecule has 210 valence electrons. The lowest BCUT2D eigenvalue weighted by Gasteiger charge is -2.26. The number of benzene rings is 3. The Hall–Kier alpha value is -4.43. The predicted molar refractivity (Wildman–Crippen MR) is 161 cm³/mol. The maximum Gasteiger partial charge on any atom is 0.338 e. The summed E-state index contributed by atoms with van der Waals surface area (Å²) in [5.74, 6) is 1.00. The summed E-state index contributed by atoms with van der Waals surface area (Å²) in [4.78, 5) is 33.1. The van der Waals surface area contributed by atoms with E-state index in [9.17, 15) is 9.59 Å². The molecule has 1 aromatic heterocycles. The van der Waals surface area contributed by atoms with Gasteiger partial charge in [-0.1, -0.05) is 85.8 Å². The lowest BCUT2D eigenvalue weighted by molar-refractivity contribution is -0.138. The van der Waals surface area contributed by atoms with Crippen LogP contribution in [0, 0.1) is 0 Å². The van der Waals surface area contributed by atoms with Crippen molar-refractivity contribution in [3.63, 3.8) is 0 Å². The molecule has 0 radical (unpaired) electrons. The van der Waals surface area contributed by atoms with Crippen LogP contribution in [0.25, 0.3) is 11.8 Å². The first-order valence-corrected chi connectivity index (χ1v) is 14.3. The quantitative estimate of drug-likeness (QED) is 0.277. The fraction of sp³-hybridized carbons (Fsp3) is 0.242. The number of aromatic nitrogens is 1. The maximum atomic E-state index is 14.1. The number of hydrogen-bond acceptors (Lipinski definition) is 7. The SMILES string of the molecule is CCOC(=O)C1=C(c2ccccc2)N=c2s/c(=C\c3ccc(OC)c(OC)c3)c(=O)n2[C@@H]1c1ccc(C(C)C)cc1. The molecule has 41 heavy (non-hydrogen) atoms. The molecule has 0 aliphatic carbocycles. The number of nitrogens with zero attached hydrogens (tertiary/aromatic N) is 2. The summed E-state index contributed by atoms with van der Waals surface area (Å²) in [6.45, 7) is 6.23. The Kier molecular flexibility index (Phi) is 8.21. The average molecular weight is 569 g/mol. The van der Waals surface area contributed by atoms with E-state index in [1.165, 1.54) is 16.9 Å². The van der Waals surface area contributed by atoms with Gasteiger partial charge in [0.05, 0.1) is 42.7 Å². The minimum absolute atomic E-state index is 0.202. The van der Waals surface area contributed by atoms with Crippen LogP contribution in [-0.4, -0.2) is 31.4 Å². The zero-order valence-electron chi connectivity index (χ0n) is 23.7. The molecule has 3 aromatic carbocycles. The van der Waals surface area contributed by atoms with Crippen molar-refractivity contribution in [2.24, 2.45) is 4.99 Å². The second kappa shape index (κ2) is 12.0. The number of carbonyl (C=O) groups excluding carboxylic acids is 1. The monoisotopic (exact) mass is 568 g/mol. The van der Waals surface area contributed by atoms with Gasteiger partial charge in [0, 0.05) is 5.56 Å². The van der Waals surface area contributed by atoms with Crippen LogP contribution < -0.4 is 24.4 Å². The van der Waals surface area contributed by atoms with Gasteiger partial charge >= 0.3 is 5.97 Å². The molecule has 2 heterocycles. The van der Waals surface area contributed by atoms with Gasteiger partial charge in [0.25, 0.3) is 5.56 Å². The van der Waals surface area contributed by atoms with Crippen molar-refractivity contribution in [3.8, 4) is 11.5 Å².